The predicted molar refractivity (Wildman–Crippen MR) is 86.7 cm³/mol. The van der Waals surface area contributed by atoms with E-state index in [1.165, 1.54) is 0 Å². The number of aryl methyl sites for hydroxylation is 1. The van der Waals surface area contributed by atoms with Crippen molar-refractivity contribution in [1.29, 1.82) is 0 Å². The number of pyridine rings is 1. The molecule has 1 N–H and O–H groups in total. The number of amides is 1. The van der Waals surface area contributed by atoms with E-state index in [2.05, 4.69) is 20.4 Å². The molecule has 118 valence electrons. The van der Waals surface area contributed by atoms with Gasteiger partial charge in [-0.1, -0.05) is 11.2 Å². The predicted octanol–water partition coefficient (Wildman–Crippen LogP) is 3.00. The molecule has 1 unspecified atom stereocenters. The number of thiophene rings is 1. The topological polar surface area (TPSA) is 80.9 Å². The molecule has 0 fully saturated rings. The number of hydrogen-bond donors (Lipinski definition) is 1. The first-order valence-corrected chi connectivity index (χ1v) is 8.16. The number of nitrogens with one attached hydrogen (secondary N) is 1. The summed E-state index contributed by atoms with van der Waals surface area (Å²) < 4.78 is 5.18. The van der Waals surface area contributed by atoms with Gasteiger partial charge in [0.05, 0.1) is 6.04 Å². The highest BCUT2D eigenvalue weighted by Gasteiger charge is 2.13. The molecule has 0 saturated heterocycles. The largest absolute Gasteiger partial charge is 0.349 e. The second kappa shape index (κ2) is 7.15. The van der Waals surface area contributed by atoms with Gasteiger partial charge in [-0.3, -0.25) is 9.78 Å². The summed E-state index contributed by atoms with van der Waals surface area (Å²) in [4.78, 5) is 21.4. The third kappa shape index (κ3) is 4.01. The maximum atomic E-state index is 12.0. The van der Waals surface area contributed by atoms with E-state index in [0.717, 1.165) is 10.4 Å². The minimum Gasteiger partial charge on any atom is -0.349 e. The van der Waals surface area contributed by atoms with Crippen LogP contribution in [-0.4, -0.2) is 21.0 Å². The first-order valence-electron chi connectivity index (χ1n) is 7.28. The van der Waals surface area contributed by atoms with Crippen molar-refractivity contribution in [2.75, 3.05) is 0 Å². The van der Waals surface area contributed by atoms with Gasteiger partial charge in [-0.05, 0) is 30.5 Å². The molecule has 0 aliphatic carbocycles. The molecule has 3 rings (SSSR count). The molecule has 23 heavy (non-hydrogen) atoms. The third-order valence-corrected chi connectivity index (χ3v) is 4.36. The maximum absolute atomic E-state index is 12.0. The van der Waals surface area contributed by atoms with Crippen molar-refractivity contribution >= 4 is 17.2 Å². The van der Waals surface area contributed by atoms with Crippen LogP contribution in [0.5, 0.6) is 0 Å². The van der Waals surface area contributed by atoms with Crippen molar-refractivity contribution in [3.8, 4) is 11.4 Å². The van der Waals surface area contributed by atoms with Gasteiger partial charge in [0.1, 0.15) is 0 Å². The van der Waals surface area contributed by atoms with Gasteiger partial charge >= 0.3 is 0 Å². The Bertz CT molecular complexity index is 756. The van der Waals surface area contributed by atoms with Crippen molar-refractivity contribution in [2.45, 2.75) is 25.8 Å². The van der Waals surface area contributed by atoms with Crippen molar-refractivity contribution in [2.24, 2.45) is 0 Å². The zero-order chi connectivity index (χ0) is 16.1. The molecule has 1 amide bonds. The highest BCUT2D eigenvalue weighted by atomic mass is 32.1. The summed E-state index contributed by atoms with van der Waals surface area (Å²) in [6.45, 7) is 1.97. The van der Waals surface area contributed by atoms with Crippen molar-refractivity contribution < 1.29 is 9.32 Å². The lowest BCUT2D eigenvalue weighted by molar-refractivity contribution is -0.121. The highest BCUT2D eigenvalue weighted by Crippen LogP contribution is 2.18. The molecular formula is C16H16N4O2S. The van der Waals surface area contributed by atoms with Crippen LogP contribution in [0.25, 0.3) is 11.4 Å². The molecular weight excluding hydrogens is 312 g/mol. The van der Waals surface area contributed by atoms with Crippen LogP contribution in [0.3, 0.4) is 0 Å². The minimum atomic E-state index is -0.0352. The van der Waals surface area contributed by atoms with Crippen LogP contribution in [0, 0.1) is 0 Å². The molecule has 3 aromatic heterocycles. The van der Waals surface area contributed by atoms with Crippen LogP contribution < -0.4 is 5.32 Å². The summed E-state index contributed by atoms with van der Waals surface area (Å²) in [7, 11) is 0. The van der Waals surface area contributed by atoms with Gasteiger partial charge in [-0.25, -0.2) is 0 Å². The van der Waals surface area contributed by atoms with Crippen molar-refractivity contribution in [3.05, 3.63) is 52.8 Å². The number of rotatable bonds is 6. The van der Waals surface area contributed by atoms with Gasteiger partial charge in [0.25, 0.3) is 0 Å². The Morgan fingerprint density at radius 1 is 1.39 bits per heavy atom. The first kappa shape index (κ1) is 15.4. The standard InChI is InChI=1S/C16H16N4O2S/c1-11(13-5-3-9-23-13)18-14(21)6-7-15-19-16(20-22-15)12-4-2-8-17-10-12/h2-5,8-11H,6-7H2,1H3,(H,18,21). The number of nitrogens with zero attached hydrogens (tertiary/aromatic N) is 3. The molecule has 0 aliphatic heterocycles. The van der Waals surface area contributed by atoms with Crippen LogP contribution in [0.2, 0.25) is 0 Å². The Hall–Kier alpha value is -2.54. The van der Waals surface area contributed by atoms with E-state index in [0.29, 0.717) is 24.6 Å². The van der Waals surface area contributed by atoms with E-state index < -0.39 is 0 Å². The normalized spacial score (nSPS) is 12.0. The van der Waals surface area contributed by atoms with Gasteiger partial charge in [-0.15, -0.1) is 11.3 Å². The lowest BCUT2D eigenvalue weighted by atomic mass is 10.2. The number of aromatic nitrogens is 3. The summed E-state index contributed by atoms with van der Waals surface area (Å²) in [6, 6.07) is 7.66. The van der Waals surface area contributed by atoms with E-state index >= 15 is 0 Å². The summed E-state index contributed by atoms with van der Waals surface area (Å²) >= 11 is 1.63. The Balaban J connectivity index is 1.52. The molecule has 6 nitrogen and oxygen atoms in total. The molecule has 0 spiro atoms. The van der Waals surface area contributed by atoms with E-state index in [-0.39, 0.29) is 11.9 Å². The summed E-state index contributed by atoms with van der Waals surface area (Å²) in [5, 5.41) is 8.87. The summed E-state index contributed by atoms with van der Waals surface area (Å²) in [6.07, 6.45) is 4.08. The van der Waals surface area contributed by atoms with Crippen LogP contribution in [0.4, 0.5) is 0 Å². The van der Waals surface area contributed by atoms with Crippen LogP contribution in [0.1, 0.15) is 30.2 Å². The fraction of sp³-hybridized carbons (Fsp3) is 0.250. The second-order valence-electron chi connectivity index (χ2n) is 5.06. The first-order chi connectivity index (χ1) is 11.2. The fourth-order valence-electron chi connectivity index (χ4n) is 2.11. The van der Waals surface area contributed by atoms with Gasteiger partial charge in [-0.2, -0.15) is 4.98 Å². The third-order valence-electron chi connectivity index (χ3n) is 3.30. The fourth-order valence-corrected chi connectivity index (χ4v) is 2.85. The summed E-state index contributed by atoms with van der Waals surface area (Å²) in [5.41, 5.74) is 0.790. The zero-order valence-corrected chi connectivity index (χ0v) is 13.4. The van der Waals surface area contributed by atoms with Gasteiger partial charge < -0.3 is 9.84 Å². The molecule has 0 aliphatic rings. The maximum Gasteiger partial charge on any atom is 0.227 e. The van der Waals surface area contributed by atoms with Gasteiger partial charge in [0, 0.05) is 35.7 Å². The van der Waals surface area contributed by atoms with Crippen molar-refractivity contribution in [1.82, 2.24) is 20.4 Å². The average Bonchev–Trinajstić information content (AvgIpc) is 3.25. The van der Waals surface area contributed by atoms with E-state index in [4.69, 9.17) is 4.52 Å². The molecule has 0 aromatic carbocycles. The van der Waals surface area contributed by atoms with Crippen LogP contribution >= 0.6 is 11.3 Å². The van der Waals surface area contributed by atoms with Gasteiger partial charge in [0.2, 0.25) is 17.6 Å². The molecule has 0 radical (unpaired) electrons. The average molecular weight is 328 g/mol. The Labute approximate surface area is 137 Å². The number of carbonyl (C=O) groups is 1. The van der Waals surface area contributed by atoms with Crippen LogP contribution in [-0.2, 0) is 11.2 Å². The number of hydrogen-bond acceptors (Lipinski definition) is 6. The van der Waals surface area contributed by atoms with Crippen LogP contribution in [0.15, 0.2) is 46.6 Å². The SMILES string of the molecule is CC(NC(=O)CCc1nc(-c2cccnc2)no1)c1cccs1. The summed E-state index contributed by atoms with van der Waals surface area (Å²) in [5.74, 6) is 0.898. The Morgan fingerprint density at radius 3 is 3.04 bits per heavy atom. The lowest BCUT2D eigenvalue weighted by Gasteiger charge is -2.11. The highest BCUT2D eigenvalue weighted by molar-refractivity contribution is 7.10. The molecule has 3 aromatic rings. The number of carbonyl (C=O) groups excluding carboxylic acids is 1. The molecule has 7 heteroatoms. The van der Waals surface area contributed by atoms with E-state index in [9.17, 15) is 4.79 Å². The zero-order valence-electron chi connectivity index (χ0n) is 12.6. The Kier molecular flexibility index (Phi) is 4.77. The quantitative estimate of drug-likeness (QED) is 0.752. The van der Waals surface area contributed by atoms with Crippen molar-refractivity contribution in [3.63, 3.8) is 0 Å². The molecule has 3 heterocycles. The monoisotopic (exact) mass is 328 g/mol. The van der Waals surface area contributed by atoms with E-state index in [1.807, 2.05) is 36.6 Å². The minimum absolute atomic E-state index is 0.0103. The lowest BCUT2D eigenvalue weighted by Crippen LogP contribution is -2.26. The second-order valence-corrected chi connectivity index (χ2v) is 6.04. The molecule has 0 bridgehead atoms. The smallest absolute Gasteiger partial charge is 0.227 e. The van der Waals surface area contributed by atoms with Gasteiger partial charge in [0.15, 0.2) is 0 Å². The molecule has 1 atom stereocenters. The Morgan fingerprint density at radius 2 is 2.30 bits per heavy atom. The van der Waals surface area contributed by atoms with E-state index in [1.54, 1.807) is 23.7 Å². The molecule has 0 saturated carbocycles.